The molecule has 27 heavy (non-hydrogen) atoms. The Bertz CT molecular complexity index is 772. The van der Waals surface area contributed by atoms with Gasteiger partial charge in [0.1, 0.15) is 0 Å². The highest BCUT2D eigenvalue weighted by Gasteiger charge is 2.23. The first-order chi connectivity index (χ1) is 13.2. The van der Waals surface area contributed by atoms with Gasteiger partial charge in [0, 0.05) is 38.8 Å². The molecule has 1 aliphatic rings. The lowest BCUT2D eigenvalue weighted by molar-refractivity contribution is -0.118. The number of hydrogen-bond donors (Lipinski definition) is 2. The van der Waals surface area contributed by atoms with E-state index in [0.717, 1.165) is 44.1 Å². The van der Waals surface area contributed by atoms with Crippen molar-refractivity contribution in [3.63, 3.8) is 0 Å². The average Bonchev–Trinajstić information content (AvgIpc) is 3.37. The molecule has 2 heterocycles. The topological polar surface area (TPSA) is 56.7 Å². The fraction of sp³-hybridized carbons (Fsp3) is 0.429. The number of carbonyl (C=O) groups excluding carboxylic acids is 1. The monoisotopic (exact) mass is 384 g/mol. The number of thiophene rings is 1. The number of aliphatic imine (C=N–C) groups is 1. The maximum Gasteiger partial charge on any atom is 0.227 e. The molecule has 0 aliphatic carbocycles. The van der Waals surface area contributed by atoms with E-state index in [1.807, 2.05) is 23.1 Å². The van der Waals surface area contributed by atoms with E-state index in [4.69, 9.17) is 0 Å². The van der Waals surface area contributed by atoms with Crippen LogP contribution in [0.15, 0.2) is 46.1 Å². The van der Waals surface area contributed by atoms with Gasteiger partial charge in [-0.1, -0.05) is 25.1 Å². The van der Waals surface area contributed by atoms with Crippen LogP contribution in [-0.4, -0.2) is 38.5 Å². The molecule has 5 nitrogen and oxygen atoms in total. The molecule has 1 aliphatic heterocycles. The first-order valence-electron chi connectivity index (χ1n) is 9.54. The Hall–Kier alpha value is -2.34. The van der Waals surface area contributed by atoms with E-state index in [1.54, 1.807) is 18.4 Å². The van der Waals surface area contributed by atoms with Gasteiger partial charge in [-0.15, -0.1) is 0 Å². The largest absolute Gasteiger partial charge is 0.356 e. The number of benzene rings is 1. The summed E-state index contributed by atoms with van der Waals surface area (Å²) >= 11 is 1.72. The molecule has 0 radical (unpaired) electrons. The average molecular weight is 385 g/mol. The van der Waals surface area contributed by atoms with Gasteiger partial charge in [0.25, 0.3) is 0 Å². The van der Waals surface area contributed by atoms with E-state index in [-0.39, 0.29) is 5.91 Å². The maximum absolute atomic E-state index is 12.5. The van der Waals surface area contributed by atoms with Crippen molar-refractivity contribution in [1.29, 1.82) is 0 Å². The van der Waals surface area contributed by atoms with Gasteiger partial charge in [0.2, 0.25) is 5.91 Å². The maximum atomic E-state index is 12.5. The number of guanidine groups is 1. The van der Waals surface area contributed by atoms with Crippen LogP contribution in [0.5, 0.6) is 0 Å². The van der Waals surface area contributed by atoms with Crippen molar-refractivity contribution >= 4 is 28.9 Å². The van der Waals surface area contributed by atoms with Crippen LogP contribution in [0.3, 0.4) is 0 Å². The zero-order valence-corrected chi connectivity index (χ0v) is 16.9. The molecule has 0 saturated carbocycles. The minimum Gasteiger partial charge on any atom is -0.356 e. The molecule has 0 spiro atoms. The second kappa shape index (κ2) is 9.55. The molecule has 6 heteroatoms. The van der Waals surface area contributed by atoms with Gasteiger partial charge >= 0.3 is 0 Å². The van der Waals surface area contributed by atoms with E-state index in [1.165, 1.54) is 11.1 Å². The van der Waals surface area contributed by atoms with Crippen LogP contribution in [0.4, 0.5) is 5.69 Å². The van der Waals surface area contributed by atoms with Crippen LogP contribution < -0.4 is 15.5 Å². The number of carbonyl (C=O) groups is 1. The zero-order chi connectivity index (χ0) is 19.1. The van der Waals surface area contributed by atoms with Crippen LogP contribution in [0, 0.1) is 0 Å². The highest BCUT2D eigenvalue weighted by atomic mass is 32.1. The van der Waals surface area contributed by atoms with Gasteiger partial charge in [-0.05, 0) is 52.8 Å². The molecule has 1 amide bonds. The summed E-state index contributed by atoms with van der Waals surface area (Å²) in [5.41, 5.74) is 3.70. The van der Waals surface area contributed by atoms with Crippen molar-refractivity contribution in [3.8, 4) is 0 Å². The lowest BCUT2D eigenvalue weighted by Crippen LogP contribution is -2.39. The zero-order valence-electron chi connectivity index (χ0n) is 16.1. The highest BCUT2D eigenvalue weighted by Crippen LogP contribution is 2.27. The van der Waals surface area contributed by atoms with E-state index in [2.05, 4.69) is 45.4 Å². The smallest absolute Gasteiger partial charge is 0.227 e. The number of rotatable bonds is 7. The summed E-state index contributed by atoms with van der Waals surface area (Å²) in [5.74, 6) is 1.43. The molecule has 0 saturated heterocycles. The minimum atomic E-state index is 0.204. The molecule has 144 valence electrons. The van der Waals surface area contributed by atoms with Gasteiger partial charge in [0.15, 0.2) is 5.96 Å². The van der Waals surface area contributed by atoms with E-state index < -0.39 is 0 Å². The number of amides is 1. The SMILES string of the molecule is CN=C(NCCCC(=O)N1CCc2ccccc21)NCC(C)c1ccsc1. The molecule has 0 fully saturated rings. The summed E-state index contributed by atoms with van der Waals surface area (Å²) in [6.07, 6.45) is 2.29. The molecule has 0 bridgehead atoms. The molecule has 2 N–H and O–H groups in total. The molecule has 1 aromatic heterocycles. The van der Waals surface area contributed by atoms with Crippen LogP contribution >= 0.6 is 11.3 Å². The van der Waals surface area contributed by atoms with Crippen molar-refractivity contribution in [3.05, 3.63) is 52.2 Å². The minimum absolute atomic E-state index is 0.204. The Balaban J connectivity index is 1.37. The summed E-state index contributed by atoms with van der Waals surface area (Å²) < 4.78 is 0. The molecular weight excluding hydrogens is 356 g/mol. The Labute approximate surface area is 165 Å². The highest BCUT2D eigenvalue weighted by molar-refractivity contribution is 7.07. The molecule has 3 rings (SSSR count). The standard InChI is InChI=1S/C21H28N4OS/c1-16(18-10-13-27-15-18)14-24-21(22-2)23-11-5-8-20(26)25-12-9-17-6-3-4-7-19(17)25/h3-4,6-7,10,13,15-16H,5,8-9,11-12,14H2,1-2H3,(H2,22,23,24). The third-order valence-corrected chi connectivity index (χ3v) is 5.66. The number of nitrogens with zero attached hydrogens (tertiary/aromatic N) is 2. The van der Waals surface area contributed by atoms with Crippen LogP contribution in [0.2, 0.25) is 0 Å². The van der Waals surface area contributed by atoms with Gasteiger partial charge in [-0.2, -0.15) is 11.3 Å². The number of anilines is 1. The van der Waals surface area contributed by atoms with Gasteiger partial charge < -0.3 is 15.5 Å². The Morgan fingerprint density at radius 2 is 2.15 bits per heavy atom. The first-order valence-corrected chi connectivity index (χ1v) is 10.5. The van der Waals surface area contributed by atoms with E-state index in [0.29, 0.717) is 12.3 Å². The van der Waals surface area contributed by atoms with Crippen molar-refractivity contribution < 1.29 is 4.79 Å². The van der Waals surface area contributed by atoms with Crippen molar-refractivity contribution in [2.45, 2.75) is 32.1 Å². The molecule has 1 unspecified atom stereocenters. The van der Waals surface area contributed by atoms with Crippen molar-refractivity contribution in [2.75, 3.05) is 31.6 Å². The second-order valence-corrected chi connectivity index (χ2v) is 7.65. The molecule has 1 aromatic carbocycles. The van der Waals surface area contributed by atoms with E-state index >= 15 is 0 Å². The number of fused-ring (bicyclic) bond motifs is 1. The van der Waals surface area contributed by atoms with Crippen LogP contribution in [0.1, 0.15) is 36.8 Å². The van der Waals surface area contributed by atoms with Gasteiger partial charge in [0.05, 0.1) is 0 Å². The van der Waals surface area contributed by atoms with Gasteiger partial charge in [-0.3, -0.25) is 9.79 Å². The first kappa shape index (κ1) is 19.4. The third-order valence-electron chi connectivity index (χ3n) is 4.96. The quantitative estimate of drug-likeness (QED) is 0.437. The van der Waals surface area contributed by atoms with Crippen LogP contribution in [-0.2, 0) is 11.2 Å². The number of hydrogen-bond acceptors (Lipinski definition) is 3. The van der Waals surface area contributed by atoms with Crippen molar-refractivity contribution in [1.82, 2.24) is 10.6 Å². The Kier molecular flexibility index (Phi) is 6.87. The fourth-order valence-corrected chi connectivity index (χ4v) is 4.10. The lowest BCUT2D eigenvalue weighted by atomic mass is 10.1. The van der Waals surface area contributed by atoms with Crippen LogP contribution in [0.25, 0.3) is 0 Å². The molecule has 1 atom stereocenters. The summed E-state index contributed by atoms with van der Waals surface area (Å²) in [6.45, 7) is 4.57. The van der Waals surface area contributed by atoms with E-state index in [9.17, 15) is 4.79 Å². The predicted molar refractivity (Wildman–Crippen MR) is 114 cm³/mol. The Morgan fingerprint density at radius 3 is 2.93 bits per heavy atom. The normalized spacial score (nSPS) is 14.7. The molecular formula is C21H28N4OS. The van der Waals surface area contributed by atoms with Crippen molar-refractivity contribution in [2.24, 2.45) is 4.99 Å². The lowest BCUT2D eigenvalue weighted by Gasteiger charge is -2.18. The summed E-state index contributed by atoms with van der Waals surface area (Å²) in [6, 6.07) is 10.3. The summed E-state index contributed by atoms with van der Waals surface area (Å²) in [4.78, 5) is 18.7. The second-order valence-electron chi connectivity index (χ2n) is 6.87. The summed E-state index contributed by atoms with van der Waals surface area (Å²) in [5, 5.41) is 11.0. The Morgan fingerprint density at radius 1 is 1.30 bits per heavy atom. The van der Waals surface area contributed by atoms with Gasteiger partial charge in [-0.25, -0.2) is 0 Å². The number of para-hydroxylation sites is 1. The molecule has 2 aromatic rings. The third kappa shape index (κ3) is 5.10. The number of nitrogens with one attached hydrogen (secondary N) is 2. The fourth-order valence-electron chi connectivity index (χ4n) is 3.32. The summed E-state index contributed by atoms with van der Waals surface area (Å²) in [7, 11) is 1.77. The predicted octanol–water partition coefficient (Wildman–Crippen LogP) is 3.39.